The summed E-state index contributed by atoms with van der Waals surface area (Å²) in [5, 5.41) is 3.47. The van der Waals surface area contributed by atoms with Crippen LogP contribution in [0.3, 0.4) is 0 Å². The summed E-state index contributed by atoms with van der Waals surface area (Å²) in [5.74, 6) is 0. The number of azide groups is 1. The normalized spacial score (nSPS) is 15.9. The fourth-order valence-corrected chi connectivity index (χ4v) is 1.71. The summed E-state index contributed by atoms with van der Waals surface area (Å²) < 4.78 is 5.31. The lowest BCUT2D eigenvalue weighted by Crippen LogP contribution is -2.40. The van der Waals surface area contributed by atoms with Gasteiger partial charge in [-0.05, 0) is 39.1 Å². The predicted octanol–water partition coefficient (Wildman–Crippen LogP) is 3.25. The highest BCUT2D eigenvalue weighted by Gasteiger charge is 2.24. The van der Waals surface area contributed by atoms with Crippen molar-refractivity contribution in [3.8, 4) is 0 Å². The van der Waals surface area contributed by atoms with Crippen molar-refractivity contribution in [3.05, 3.63) is 22.1 Å². The average molecular weight is 252 g/mol. The van der Waals surface area contributed by atoms with E-state index in [9.17, 15) is 4.79 Å². The number of carbonyl (C=O) groups is 1. The summed E-state index contributed by atoms with van der Waals surface area (Å²) in [4.78, 5) is 16.2. The van der Waals surface area contributed by atoms with Crippen LogP contribution < -0.4 is 0 Å². The Bertz CT molecular complexity index is 368. The van der Waals surface area contributed by atoms with Gasteiger partial charge in [-0.15, -0.1) is 0 Å². The molecular weight excluding hydrogens is 232 g/mol. The van der Waals surface area contributed by atoms with E-state index in [0.717, 1.165) is 12.8 Å². The van der Waals surface area contributed by atoms with Crippen molar-refractivity contribution in [1.29, 1.82) is 0 Å². The van der Waals surface area contributed by atoms with Crippen LogP contribution in [0.2, 0.25) is 0 Å². The molecule has 6 nitrogen and oxygen atoms in total. The van der Waals surface area contributed by atoms with Gasteiger partial charge in [0, 0.05) is 24.5 Å². The molecule has 0 aromatic heterocycles. The Kier molecular flexibility index (Phi) is 5.04. The maximum atomic E-state index is 11.8. The summed E-state index contributed by atoms with van der Waals surface area (Å²) in [5.41, 5.74) is 8.97. The van der Waals surface area contributed by atoms with E-state index in [1.807, 2.05) is 26.8 Å². The number of likely N-dealkylation sites (tertiary alicyclic amines) is 1. The summed E-state index contributed by atoms with van der Waals surface area (Å²) in [6, 6.07) is 0. The fraction of sp³-hybridized carbons (Fsp3) is 0.750. The highest BCUT2D eigenvalue weighted by atomic mass is 16.6. The first-order chi connectivity index (χ1) is 8.42. The minimum atomic E-state index is -0.450. The maximum Gasteiger partial charge on any atom is 0.410 e. The minimum absolute atomic E-state index is 0.253. The standard InChI is InChI=1S/C12H20N4O2/c1-12(2,3)18-11(17)16-8-5-10(6-9-16)4-7-14-15-13/h4H,5-9H2,1-3H3. The Labute approximate surface area is 107 Å². The quantitative estimate of drug-likeness (QED) is 0.327. The van der Waals surface area contributed by atoms with Crippen LogP contribution in [0.15, 0.2) is 16.8 Å². The van der Waals surface area contributed by atoms with Crippen molar-refractivity contribution in [2.24, 2.45) is 5.11 Å². The van der Waals surface area contributed by atoms with Gasteiger partial charge < -0.3 is 9.64 Å². The number of rotatable bonds is 2. The molecule has 0 aromatic rings. The molecular formula is C12H20N4O2. The fourth-order valence-electron chi connectivity index (χ4n) is 1.71. The number of amides is 1. The monoisotopic (exact) mass is 252 g/mol. The van der Waals surface area contributed by atoms with E-state index >= 15 is 0 Å². The zero-order valence-electron chi connectivity index (χ0n) is 11.2. The first kappa shape index (κ1) is 14.4. The molecule has 0 saturated carbocycles. The number of hydrogen-bond acceptors (Lipinski definition) is 3. The van der Waals surface area contributed by atoms with Crippen LogP contribution in [0.5, 0.6) is 0 Å². The van der Waals surface area contributed by atoms with Crippen molar-refractivity contribution in [2.45, 2.75) is 39.2 Å². The first-order valence-corrected chi connectivity index (χ1v) is 6.09. The molecule has 1 aliphatic heterocycles. The minimum Gasteiger partial charge on any atom is -0.444 e. The van der Waals surface area contributed by atoms with Gasteiger partial charge in [-0.3, -0.25) is 0 Å². The molecule has 1 amide bonds. The largest absolute Gasteiger partial charge is 0.444 e. The molecule has 100 valence electrons. The number of hydrogen-bond donors (Lipinski definition) is 0. The second-order valence-electron chi connectivity index (χ2n) is 5.24. The maximum absolute atomic E-state index is 11.8. The molecule has 0 unspecified atom stereocenters. The van der Waals surface area contributed by atoms with Crippen LogP contribution in [0.1, 0.15) is 33.6 Å². The van der Waals surface area contributed by atoms with Gasteiger partial charge in [0.2, 0.25) is 0 Å². The van der Waals surface area contributed by atoms with Gasteiger partial charge in [0.25, 0.3) is 0 Å². The lowest BCUT2D eigenvalue weighted by Gasteiger charge is -2.31. The molecule has 0 radical (unpaired) electrons. The molecule has 1 fully saturated rings. The van der Waals surface area contributed by atoms with Crippen molar-refractivity contribution in [2.75, 3.05) is 19.6 Å². The lowest BCUT2D eigenvalue weighted by molar-refractivity contribution is 0.0236. The molecule has 1 heterocycles. The van der Waals surface area contributed by atoms with Crippen LogP contribution >= 0.6 is 0 Å². The summed E-state index contributed by atoms with van der Waals surface area (Å²) in [6.07, 6.45) is 3.32. The summed E-state index contributed by atoms with van der Waals surface area (Å²) in [7, 11) is 0. The zero-order chi connectivity index (χ0) is 13.6. The molecule has 0 atom stereocenters. The molecule has 0 aromatic carbocycles. The molecule has 0 bridgehead atoms. The highest BCUT2D eigenvalue weighted by molar-refractivity contribution is 5.68. The molecule has 6 heteroatoms. The predicted molar refractivity (Wildman–Crippen MR) is 69.1 cm³/mol. The SMILES string of the molecule is CC(C)(C)OC(=O)N1CCC(=CCN=[N+]=[N-])CC1. The smallest absolute Gasteiger partial charge is 0.410 e. The molecule has 0 spiro atoms. The third kappa shape index (κ3) is 5.10. The number of ether oxygens (including phenoxy) is 1. The first-order valence-electron chi connectivity index (χ1n) is 6.09. The molecule has 0 aliphatic carbocycles. The van der Waals surface area contributed by atoms with Crippen LogP contribution in [0.4, 0.5) is 4.79 Å². The lowest BCUT2D eigenvalue weighted by atomic mass is 10.0. The van der Waals surface area contributed by atoms with Gasteiger partial charge in [0.15, 0.2) is 0 Å². The molecule has 1 rings (SSSR count). The number of piperidine rings is 1. The average Bonchev–Trinajstić information content (AvgIpc) is 2.28. The Morgan fingerprint density at radius 3 is 2.61 bits per heavy atom. The van der Waals surface area contributed by atoms with Gasteiger partial charge in [-0.2, -0.15) is 0 Å². The van der Waals surface area contributed by atoms with Gasteiger partial charge >= 0.3 is 6.09 Å². The Hall–Kier alpha value is -1.68. The molecule has 1 aliphatic rings. The van der Waals surface area contributed by atoms with E-state index in [4.69, 9.17) is 10.3 Å². The van der Waals surface area contributed by atoms with E-state index < -0.39 is 5.60 Å². The van der Waals surface area contributed by atoms with Crippen molar-refractivity contribution in [3.63, 3.8) is 0 Å². The van der Waals surface area contributed by atoms with Crippen LogP contribution in [0, 0.1) is 0 Å². The Balaban J connectivity index is 2.41. The van der Waals surface area contributed by atoms with E-state index in [2.05, 4.69) is 10.0 Å². The number of nitrogens with zero attached hydrogens (tertiary/aromatic N) is 4. The second kappa shape index (κ2) is 6.31. The van der Waals surface area contributed by atoms with Gasteiger partial charge in [0.1, 0.15) is 5.60 Å². The van der Waals surface area contributed by atoms with Crippen molar-refractivity contribution >= 4 is 6.09 Å². The van der Waals surface area contributed by atoms with E-state index in [0.29, 0.717) is 19.6 Å². The summed E-state index contributed by atoms with van der Waals surface area (Å²) >= 11 is 0. The zero-order valence-corrected chi connectivity index (χ0v) is 11.2. The van der Waals surface area contributed by atoms with Gasteiger partial charge in [-0.1, -0.05) is 16.8 Å². The molecule has 1 saturated heterocycles. The summed E-state index contributed by atoms with van der Waals surface area (Å²) in [6.45, 7) is 7.30. The highest BCUT2D eigenvalue weighted by Crippen LogP contribution is 2.18. The molecule has 0 N–H and O–H groups in total. The van der Waals surface area contributed by atoms with Crippen LogP contribution in [0.25, 0.3) is 10.4 Å². The van der Waals surface area contributed by atoms with Crippen molar-refractivity contribution in [1.82, 2.24) is 4.90 Å². The van der Waals surface area contributed by atoms with Crippen LogP contribution in [-0.4, -0.2) is 36.2 Å². The Morgan fingerprint density at radius 2 is 2.11 bits per heavy atom. The number of carbonyl (C=O) groups excluding carboxylic acids is 1. The second-order valence-corrected chi connectivity index (χ2v) is 5.24. The topological polar surface area (TPSA) is 78.3 Å². The third-order valence-corrected chi connectivity index (χ3v) is 2.58. The van der Waals surface area contributed by atoms with E-state index in [1.54, 1.807) is 4.90 Å². The van der Waals surface area contributed by atoms with Crippen LogP contribution in [-0.2, 0) is 4.74 Å². The Morgan fingerprint density at radius 1 is 1.50 bits per heavy atom. The van der Waals surface area contributed by atoms with Gasteiger partial charge in [-0.25, -0.2) is 4.79 Å². The van der Waals surface area contributed by atoms with Gasteiger partial charge in [0.05, 0.1) is 0 Å². The van der Waals surface area contributed by atoms with E-state index in [1.165, 1.54) is 5.57 Å². The molecule has 18 heavy (non-hydrogen) atoms. The van der Waals surface area contributed by atoms with E-state index in [-0.39, 0.29) is 6.09 Å². The third-order valence-electron chi connectivity index (χ3n) is 2.58. The van der Waals surface area contributed by atoms with Crippen molar-refractivity contribution < 1.29 is 9.53 Å².